The fraction of sp³-hybridized carbons (Fsp3) is 0.529. The van der Waals surface area contributed by atoms with Gasteiger partial charge in [0.15, 0.2) is 5.96 Å². The third kappa shape index (κ3) is 5.07. The summed E-state index contributed by atoms with van der Waals surface area (Å²) in [5.74, 6) is 1.75. The monoisotopic (exact) mass is 349 g/mol. The number of guanidine groups is 1. The highest BCUT2D eigenvalue weighted by atomic mass is 32.1. The molecule has 0 aromatic carbocycles. The van der Waals surface area contributed by atoms with Gasteiger partial charge in [0.2, 0.25) is 0 Å². The number of thiazole rings is 1. The van der Waals surface area contributed by atoms with Crippen LogP contribution in [0.15, 0.2) is 27.8 Å². The first-order chi connectivity index (χ1) is 11.5. The van der Waals surface area contributed by atoms with Crippen molar-refractivity contribution in [1.82, 2.24) is 20.5 Å². The van der Waals surface area contributed by atoms with Crippen LogP contribution >= 0.6 is 11.3 Å². The normalized spacial score (nSPS) is 13.3. The van der Waals surface area contributed by atoms with E-state index in [0.717, 1.165) is 29.0 Å². The van der Waals surface area contributed by atoms with Crippen molar-refractivity contribution in [1.29, 1.82) is 0 Å². The third-order valence-corrected chi connectivity index (χ3v) is 4.74. The maximum absolute atomic E-state index is 5.55. The van der Waals surface area contributed by atoms with E-state index in [1.54, 1.807) is 17.6 Å². The zero-order valence-electron chi connectivity index (χ0n) is 15.1. The SMILES string of the molecule is CCNC(=NCc1sc(C)nc1C)NCC(c1ccco1)N(C)C. The Morgan fingerprint density at radius 1 is 1.38 bits per heavy atom. The highest BCUT2D eigenvalue weighted by Gasteiger charge is 2.17. The van der Waals surface area contributed by atoms with Gasteiger partial charge in [0.05, 0.1) is 29.6 Å². The first-order valence-corrected chi connectivity index (χ1v) is 8.97. The molecule has 7 heteroatoms. The fourth-order valence-corrected chi connectivity index (χ4v) is 3.29. The average molecular weight is 350 g/mol. The van der Waals surface area contributed by atoms with E-state index in [0.29, 0.717) is 13.1 Å². The maximum atomic E-state index is 5.55. The summed E-state index contributed by atoms with van der Waals surface area (Å²) in [7, 11) is 4.09. The van der Waals surface area contributed by atoms with Gasteiger partial charge in [-0.3, -0.25) is 4.90 Å². The Morgan fingerprint density at radius 2 is 2.17 bits per heavy atom. The molecule has 0 aliphatic heterocycles. The average Bonchev–Trinajstić information content (AvgIpc) is 3.14. The molecule has 0 fully saturated rings. The van der Waals surface area contributed by atoms with Crippen LogP contribution in [-0.2, 0) is 6.54 Å². The molecule has 24 heavy (non-hydrogen) atoms. The molecule has 2 rings (SSSR count). The van der Waals surface area contributed by atoms with Crippen LogP contribution in [0, 0.1) is 13.8 Å². The summed E-state index contributed by atoms with van der Waals surface area (Å²) in [5, 5.41) is 7.79. The van der Waals surface area contributed by atoms with Crippen LogP contribution in [0.5, 0.6) is 0 Å². The van der Waals surface area contributed by atoms with Gasteiger partial charge in [-0.25, -0.2) is 9.98 Å². The molecule has 2 aromatic heterocycles. The molecule has 0 amide bonds. The molecule has 0 saturated heterocycles. The molecule has 0 saturated carbocycles. The molecule has 0 aliphatic rings. The van der Waals surface area contributed by atoms with Crippen molar-refractivity contribution in [3.63, 3.8) is 0 Å². The van der Waals surface area contributed by atoms with Crippen LogP contribution in [0.4, 0.5) is 0 Å². The number of furan rings is 1. The lowest BCUT2D eigenvalue weighted by molar-refractivity contribution is 0.258. The molecular weight excluding hydrogens is 322 g/mol. The number of aromatic nitrogens is 1. The minimum Gasteiger partial charge on any atom is -0.468 e. The van der Waals surface area contributed by atoms with E-state index in [2.05, 4.69) is 32.4 Å². The highest BCUT2D eigenvalue weighted by molar-refractivity contribution is 7.11. The van der Waals surface area contributed by atoms with Gasteiger partial charge in [0.25, 0.3) is 0 Å². The molecule has 132 valence electrons. The van der Waals surface area contributed by atoms with Gasteiger partial charge >= 0.3 is 0 Å². The van der Waals surface area contributed by atoms with Gasteiger partial charge in [-0.2, -0.15) is 0 Å². The first-order valence-electron chi connectivity index (χ1n) is 8.16. The Labute approximate surface area is 148 Å². The highest BCUT2D eigenvalue weighted by Crippen LogP contribution is 2.19. The van der Waals surface area contributed by atoms with E-state index in [-0.39, 0.29) is 6.04 Å². The topological polar surface area (TPSA) is 65.7 Å². The summed E-state index contributed by atoms with van der Waals surface area (Å²) in [6.45, 7) is 8.30. The van der Waals surface area contributed by atoms with Crippen molar-refractivity contribution in [2.24, 2.45) is 4.99 Å². The number of aryl methyl sites for hydroxylation is 2. The van der Waals surface area contributed by atoms with E-state index < -0.39 is 0 Å². The lowest BCUT2D eigenvalue weighted by Crippen LogP contribution is -2.41. The molecular formula is C17H27N5OS. The van der Waals surface area contributed by atoms with Crippen molar-refractivity contribution in [2.45, 2.75) is 33.4 Å². The molecule has 2 N–H and O–H groups in total. The van der Waals surface area contributed by atoms with Crippen LogP contribution in [0.25, 0.3) is 0 Å². The van der Waals surface area contributed by atoms with Crippen LogP contribution in [-0.4, -0.2) is 43.0 Å². The van der Waals surface area contributed by atoms with Gasteiger partial charge < -0.3 is 15.1 Å². The Kier molecular flexibility index (Phi) is 6.81. The smallest absolute Gasteiger partial charge is 0.191 e. The molecule has 1 unspecified atom stereocenters. The number of aliphatic imine (C=N–C) groups is 1. The van der Waals surface area contributed by atoms with Crippen molar-refractivity contribution in [3.8, 4) is 0 Å². The largest absolute Gasteiger partial charge is 0.468 e. The molecule has 6 nitrogen and oxygen atoms in total. The summed E-state index contributed by atoms with van der Waals surface area (Å²) in [4.78, 5) is 12.5. The number of nitrogens with zero attached hydrogens (tertiary/aromatic N) is 3. The van der Waals surface area contributed by atoms with Crippen LogP contribution in [0.1, 0.15) is 34.3 Å². The Balaban J connectivity index is 2.01. The first kappa shape index (κ1) is 18.5. The van der Waals surface area contributed by atoms with Crippen LogP contribution in [0.2, 0.25) is 0 Å². The molecule has 2 heterocycles. The molecule has 2 aromatic rings. The standard InChI is InChI=1S/C17H27N5OS/c1-6-18-17(20-11-16-12(2)21-13(3)24-16)19-10-14(22(4)5)15-8-7-9-23-15/h7-9,14H,6,10-11H2,1-5H3,(H2,18,19,20). The second-order valence-electron chi connectivity index (χ2n) is 5.81. The Hall–Kier alpha value is -1.86. The third-order valence-electron chi connectivity index (χ3n) is 3.68. The number of nitrogens with one attached hydrogen (secondary N) is 2. The van der Waals surface area contributed by atoms with Crippen LogP contribution in [0.3, 0.4) is 0 Å². The van der Waals surface area contributed by atoms with Crippen molar-refractivity contribution < 1.29 is 4.42 Å². The molecule has 0 aliphatic carbocycles. The minimum absolute atomic E-state index is 0.149. The molecule has 0 bridgehead atoms. The van der Waals surface area contributed by atoms with E-state index in [9.17, 15) is 0 Å². The van der Waals surface area contributed by atoms with Crippen molar-refractivity contribution in [2.75, 3.05) is 27.2 Å². The second-order valence-corrected chi connectivity index (χ2v) is 7.10. The molecule has 0 spiro atoms. The summed E-state index contributed by atoms with van der Waals surface area (Å²) < 4.78 is 5.55. The van der Waals surface area contributed by atoms with Crippen LogP contribution < -0.4 is 10.6 Å². The van der Waals surface area contributed by atoms with Gasteiger partial charge in [-0.05, 0) is 47.0 Å². The minimum atomic E-state index is 0.149. The zero-order chi connectivity index (χ0) is 17.5. The van der Waals surface area contributed by atoms with E-state index in [1.165, 1.54) is 4.88 Å². The predicted molar refractivity (Wildman–Crippen MR) is 99.5 cm³/mol. The van der Waals surface area contributed by atoms with E-state index >= 15 is 0 Å². The molecule has 1 atom stereocenters. The second kappa shape index (κ2) is 8.84. The predicted octanol–water partition coefficient (Wildman–Crippen LogP) is 2.71. The Bertz CT molecular complexity index is 648. The molecule has 0 radical (unpaired) electrons. The summed E-state index contributed by atoms with van der Waals surface area (Å²) in [6.07, 6.45) is 1.71. The fourth-order valence-electron chi connectivity index (χ4n) is 2.42. The summed E-state index contributed by atoms with van der Waals surface area (Å²) in [5.41, 5.74) is 1.07. The Morgan fingerprint density at radius 3 is 2.71 bits per heavy atom. The van der Waals surface area contributed by atoms with E-state index in [1.807, 2.05) is 40.1 Å². The number of likely N-dealkylation sites (N-methyl/N-ethyl adjacent to an activating group) is 1. The van der Waals surface area contributed by atoms with Gasteiger partial charge in [0.1, 0.15) is 5.76 Å². The van der Waals surface area contributed by atoms with Crippen molar-refractivity contribution in [3.05, 3.63) is 39.7 Å². The number of rotatable bonds is 7. The van der Waals surface area contributed by atoms with Gasteiger partial charge in [0, 0.05) is 18.0 Å². The van der Waals surface area contributed by atoms with Crippen molar-refractivity contribution >= 4 is 17.3 Å². The summed E-state index contributed by atoms with van der Waals surface area (Å²) in [6, 6.07) is 4.07. The lowest BCUT2D eigenvalue weighted by atomic mass is 10.2. The number of hydrogen-bond donors (Lipinski definition) is 2. The lowest BCUT2D eigenvalue weighted by Gasteiger charge is -2.23. The van der Waals surface area contributed by atoms with E-state index in [4.69, 9.17) is 4.42 Å². The van der Waals surface area contributed by atoms with Gasteiger partial charge in [-0.15, -0.1) is 11.3 Å². The summed E-state index contributed by atoms with van der Waals surface area (Å²) >= 11 is 1.70. The number of hydrogen-bond acceptors (Lipinski definition) is 5. The quantitative estimate of drug-likeness (QED) is 0.594. The maximum Gasteiger partial charge on any atom is 0.191 e. The zero-order valence-corrected chi connectivity index (χ0v) is 15.9. The van der Waals surface area contributed by atoms with Gasteiger partial charge in [-0.1, -0.05) is 0 Å².